The topological polar surface area (TPSA) is 81.0 Å². The summed E-state index contributed by atoms with van der Waals surface area (Å²) in [6, 6.07) is 7.84. The van der Waals surface area contributed by atoms with Crippen molar-refractivity contribution in [1.29, 1.82) is 0 Å². The molecule has 1 aromatic carbocycles. The van der Waals surface area contributed by atoms with Gasteiger partial charge in [-0.3, -0.25) is 5.10 Å². The van der Waals surface area contributed by atoms with Gasteiger partial charge in [-0.2, -0.15) is 14.7 Å². The maximum Gasteiger partial charge on any atom is 0.234 e. The van der Waals surface area contributed by atoms with Gasteiger partial charge in [-0.05, 0) is 24.3 Å². The zero-order valence-electron chi connectivity index (χ0n) is 12.6. The molecule has 3 aromatic heterocycles. The summed E-state index contributed by atoms with van der Waals surface area (Å²) in [5.74, 6) is 1.68. The molecule has 0 amide bonds. The van der Waals surface area contributed by atoms with E-state index in [1.807, 2.05) is 31.2 Å². The lowest BCUT2D eigenvalue weighted by Crippen LogP contribution is -1.93. The molecule has 23 heavy (non-hydrogen) atoms. The van der Waals surface area contributed by atoms with Crippen LogP contribution in [0.5, 0.6) is 5.75 Å². The maximum atomic E-state index is 5.20. The first kappa shape index (κ1) is 13.9. The van der Waals surface area contributed by atoms with Gasteiger partial charge in [-0.25, -0.2) is 0 Å². The second kappa shape index (κ2) is 5.47. The first-order chi connectivity index (χ1) is 11.3. The molecule has 0 fully saturated rings. The van der Waals surface area contributed by atoms with Crippen LogP contribution in [-0.2, 0) is 6.42 Å². The molecule has 0 atom stereocenters. The summed E-state index contributed by atoms with van der Waals surface area (Å²) < 4.78 is 7.00. The highest BCUT2D eigenvalue weighted by atomic mass is 32.1. The Morgan fingerprint density at radius 3 is 2.78 bits per heavy atom. The minimum atomic E-state index is 0.790. The van der Waals surface area contributed by atoms with Gasteiger partial charge in [-0.15, -0.1) is 10.2 Å². The average Bonchev–Trinajstić information content (AvgIpc) is 3.29. The summed E-state index contributed by atoms with van der Waals surface area (Å²) in [6.45, 7) is 2.04. The van der Waals surface area contributed by atoms with Gasteiger partial charge in [0.05, 0.1) is 24.6 Å². The van der Waals surface area contributed by atoms with E-state index in [1.165, 1.54) is 11.3 Å². The van der Waals surface area contributed by atoms with Crippen LogP contribution in [0.15, 0.2) is 30.5 Å². The number of fused-ring (bicyclic) bond motifs is 1. The normalized spacial score (nSPS) is 11.2. The van der Waals surface area contributed by atoms with Gasteiger partial charge in [0, 0.05) is 12.0 Å². The van der Waals surface area contributed by atoms with Crippen molar-refractivity contribution in [2.75, 3.05) is 7.11 Å². The maximum absolute atomic E-state index is 5.20. The molecule has 0 aliphatic carbocycles. The van der Waals surface area contributed by atoms with Crippen molar-refractivity contribution in [3.63, 3.8) is 0 Å². The number of hydrogen-bond donors (Lipinski definition) is 1. The van der Waals surface area contributed by atoms with E-state index in [0.29, 0.717) is 0 Å². The Kier molecular flexibility index (Phi) is 3.30. The highest BCUT2D eigenvalue weighted by Crippen LogP contribution is 2.33. The van der Waals surface area contributed by atoms with Crippen molar-refractivity contribution in [2.24, 2.45) is 0 Å². The number of nitrogens with zero attached hydrogens (tertiary/aromatic N) is 5. The molecule has 3 heterocycles. The molecule has 1 N–H and O–H groups in total. The van der Waals surface area contributed by atoms with Crippen LogP contribution in [0.25, 0.3) is 26.8 Å². The molecule has 0 saturated heterocycles. The lowest BCUT2D eigenvalue weighted by molar-refractivity contribution is 0.415. The van der Waals surface area contributed by atoms with Crippen molar-refractivity contribution >= 4 is 16.3 Å². The molecular formula is C15H14N6OS. The van der Waals surface area contributed by atoms with Crippen LogP contribution < -0.4 is 4.74 Å². The average molecular weight is 326 g/mol. The predicted molar refractivity (Wildman–Crippen MR) is 87.6 cm³/mol. The van der Waals surface area contributed by atoms with E-state index in [-0.39, 0.29) is 0 Å². The Bertz CT molecular complexity index is 952. The van der Waals surface area contributed by atoms with Crippen LogP contribution in [0.2, 0.25) is 0 Å². The minimum absolute atomic E-state index is 0.790. The van der Waals surface area contributed by atoms with Gasteiger partial charge in [-0.1, -0.05) is 18.3 Å². The summed E-state index contributed by atoms with van der Waals surface area (Å²) in [6.07, 6.45) is 2.58. The molecule has 0 spiro atoms. The first-order valence-corrected chi connectivity index (χ1v) is 8.01. The Morgan fingerprint density at radius 1 is 1.22 bits per heavy atom. The summed E-state index contributed by atoms with van der Waals surface area (Å²) in [5.41, 5.74) is 2.91. The van der Waals surface area contributed by atoms with Gasteiger partial charge in [0.1, 0.15) is 5.75 Å². The number of nitrogens with one attached hydrogen (secondary N) is 1. The second-order valence-corrected chi connectivity index (χ2v) is 5.91. The van der Waals surface area contributed by atoms with E-state index in [1.54, 1.807) is 17.8 Å². The summed E-state index contributed by atoms with van der Waals surface area (Å²) in [7, 11) is 1.65. The first-order valence-electron chi connectivity index (χ1n) is 7.19. The minimum Gasteiger partial charge on any atom is -0.497 e. The lowest BCUT2D eigenvalue weighted by atomic mass is 10.1. The zero-order chi connectivity index (χ0) is 15.8. The van der Waals surface area contributed by atoms with Crippen LogP contribution in [0.4, 0.5) is 0 Å². The number of benzene rings is 1. The molecule has 0 aliphatic rings. The van der Waals surface area contributed by atoms with Gasteiger partial charge in [0.25, 0.3) is 0 Å². The van der Waals surface area contributed by atoms with Crippen LogP contribution in [-0.4, -0.2) is 37.1 Å². The number of rotatable bonds is 4. The van der Waals surface area contributed by atoms with E-state index in [2.05, 4.69) is 25.5 Å². The van der Waals surface area contributed by atoms with Gasteiger partial charge in [0.15, 0.2) is 10.8 Å². The van der Waals surface area contributed by atoms with E-state index < -0.39 is 0 Å². The third-order valence-electron chi connectivity index (χ3n) is 3.62. The number of aromatic amines is 1. The fourth-order valence-electron chi connectivity index (χ4n) is 2.41. The highest BCUT2D eigenvalue weighted by Gasteiger charge is 2.17. The molecule has 0 radical (unpaired) electrons. The number of aryl methyl sites for hydroxylation is 1. The monoisotopic (exact) mass is 326 g/mol. The van der Waals surface area contributed by atoms with E-state index in [4.69, 9.17) is 4.74 Å². The number of H-pyrrole nitrogens is 1. The van der Waals surface area contributed by atoms with Crippen molar-refractivity contribution < 1.29 is 4.74 Å². The summed E-state index contributed by atoms with van der Waals surface area (Å²) in [5, 5.41) is 21.0. The molecule has 7 nitrogen and oxygen atoms in total. The predicted octanol–water partition coefficient (Wildman–Crippen LogP) is 2.81. The lowest BCUT2D eigenvalue weighted by Gasteiger charge is -2.03. The standard InChI is InChI=1S/C15H14N6OS/c1-3-12-17-19-15-21(12)20-14(23-15)11-8-16-18-13(11)9-4-6-10(22-2)7-5-9/h4-8H,3H2,1-2H3,(H,16,18). The summed E-state index contributed by atoms with van der Waals surface area (Å²) >= 11 is 1.50. The van der Waals surface area contributed by atoms with Crippen molar-refractivity contribution in [2.45, 2.75) is 13.3 Å². The van der Waals surface area contributed by atoms with Crippen LogP contribution in [0.1, 0.15) is 12.7 Å². The van der Waals surface area contributed by atoms with E-state index in [9.17, 15) is 0 Å². The molecule has 4 rings (SSSR count). The van der Waals surface area contributed by atoms with Crippen molar-refractivity contribution in [1.82, 2.24) is 30.0 Å². The van der Waals surface area contributed by atoms with Gasteiger partial charge in [0.2, 0.25) is 4.96 Å². The fraction of sp³-hybridized carbons (Fsp3) is 0.200. The van der Waals surface area contributed by atoms with Gasteiger partial charge < -0.3 is 4.74 Å². The second-order valence-electron chi connectivity index (χ2n) is 4.96. The Hall–Kier alpha value is -2.74. The highest BCUT2D eigenvalue weighted by molar-refractivity contribution is 7.19. The third kappa shape index (κ3) is 2.27. The molecule has 0 bridgehead atoms. The Morgan fingerprint density at radius 2 is 2.04 bits per heavy atom. The molecule has 4 aromatic rings. The zero-order valence-corrected chi connectivity index (χ0v) is 13.5. The molecule has 0 saturated carbocycles. The number of ether oxygens (including phenoxy) is 1. The molecule has 8 heteroatoms. The smallest absolute Gasteiger partial charge is 0.234 e. The fourth-order valence-corrected chi connectivity index (χ4v) is 3.29. The van der Waals surface area contributed by atoms with E-state index >= 15 is 0 Å². The van der Waals surface area contributed by atoms with Crippen molar-refractivity contribution in [3.8, 4) is 27.6 Å². The number of aromatic nitrogens is 6. The summed E-state index contributed by atoms with van der Waals surface area (Å²) in [4.78, 5) is 0.790. The molecule has 0 aliphatic heterocycles. The van der Waals surface area contributed by atoms with Crippen molar-refractivity contribution in [3.05, 3.63) is 36.3 Å². The molecule has 0 unspecified atom stereocenters. The molecule has 116 valence electrons. The SMILES string of the molecule is CCc1nnc2sc(-c3cn[nH]c3-c3ccc(OC)cc3)nn12. The Balaban J connectivity index is 1.79. The van der Waals surface area contributed by atoms with Gasteiger partial charge >= 0.3 is 0 Å². The quantitative estimate of drug-likeness (QED) is 0.623. The third-order valence-corrected chi connectivity index (χ3v) is 4.55. The van der Waals surface area contributed by atoms with E-state index in [0.717, 1.165) is 44.8 Å². The largest absolute Gasteiger partial charge is 0.497 e. The molecular weight excluding hydrogens is 312 g/mol. The van der Waals surface area contributed by atoms with Crippen LogP contribution in [0, 0.1) is 0 Å². The van der Waals surface area contributed by atoms with Crippen LogP contribution >= 0.6 is 11.3 Å². The Labute approximate surface area is 136 Å². The van der Waals surface area contributed by atoms with Crippen LogP contribution in [0.3, 0.4) is 0 Å². The number of hydrogen-bond acceptors (Lipinski definition) is 6. The number of methoxy groups -OCH3 is 1.